The SMILES string of the molecule is CC(F)(F)CCn1cn[nH]c1=S. The second kappa shape index (κ2) is 3.30. The maximum absolute atomic E-state index is 12.4. The fourth-order valence-corrected chi connectivity index (χ4v) is 0.938. The third-order valence-electron chi connectivity index (χ3n) is 1.41. The third-order valence-corrected chi connectivity index (χ3v) is 1.74. The van der Waals surface area contributed by atoms with Gasteiger partial charge in [0.15, 0.2) is 4.77 Å². The minimum atomic E-state index is -2.65. The fraction of sp³-hybridized carbons (Fsp3) is 0.667. The van der Waals surface area contributed by atoms with Crippen LogP contribution >= 0.6 is 12.2 Å². The molecule has 0 aromatic carbocycles. The summed E-state index contributed by atoms with van der Waals surface area (Å²) in [5.41, 5.74) is 0. The summed E-state index contributed by atoms with van der Waals surface area (Å²) in [6.07, 6.45) is 1.19. The first-order valence-electron chi connectivity index (χ1n) is 3.47. The molecule has 0 radical (unpaired) electrons. The highest BCUT2D eigenvalue weighted by Crippen LogP contribution is 2.17. The first kappa shape index (κ1) is 9.31. The molecule has 1 aromatic rings. The Morgan fingerprint density at radius 1 is 1.75 bits per heavy atom. The van der Waals surface area contributed by atoms with E-state index in [4.69, 9.17) is 12.2 Å². The predicted octanol–water partition coefficient (Wildman–Crippen LogP) is 1.99. The first-order chi connectivity index (χ1) is 5.49. The van der Waals surface area contributed by atoms with Crippen LogP contribution in [0.3, 0.4) is 0 Å². The van der Waals surface area contributed by atoms with E-state index in [1.54, 1.807) is 0 Å². The monoisotopic (exact) mass is 193 g/mol. The second-order valence-electron chi connectivity index (χ2n) is 2.68. The Morgan fingerprint density at radius 2 is 2.42 bits per heavy atom. The average molecular weight is 193 g/mol. The van der Waals surface area contributed by atoms with E-state index in [1.807, 2.05) is 0 Å². The molecule has 68 valence electrons. The summed E-state index contributed by atoms with van der Waals surface area (Å²) in [6.45, 7) is 1.08. The standard InChI is InChI=1S/C6H9F2N3S/c1-6(7,8)2-3-11-4-9-10-5(11)12/h4H,2-3H2,1H3,(H,10,12). The van der Waals surface area contributed by atoms with E-state index in [9.17, 15) is 8.78 Å². The number of H-pyrrole nitrogens is 1. The van der Waals surface area contributed by atoms with Crippen molar-refractivity contribution in [1.82, 2.24) is 14.8 Å². The minimum absolute atomic E-state index is 0.193. The van der Waals surface area contributed by atoms with Crippen LogP contribution in [0.2, 0.25) is 0 Å². The van der Waals surface area contributed by atoms with Gasteiger partial charge in [-0.1, -0.05) is 0 Å². The Labute approximate surface area is 73.4 Å². The number of nitrogens with zero attached hydrogens (tertiary/aromatic N) is 2. The molecule has 0 amide bonds. The molecule has 1 aromatic heterocycles. The molecule has 6 heteroatoms. The number of alkyl halides is 2. The van der Waals surface area contributed by atoms with E-state index >= 15 is 0 Å². The van der Waals surface area contributed by atoms with Crippen LogP contribution in [0.4, 0.5) is 8.78 Å². The van der Waals surface area contributed by atoms with Crippen molar-refractivity contribution in [2.24, 2.45) is 0 Å². The summed E-state index contributed by atoms with van der Waals surface area (Å²) in [5.74, 6) is -2.65. The third kappa shape index (κ3) is 2.69. The summed E-state index contributed by atoms with van der Waals surface area (Å²) in [5, 5.41) is 6.10. The largest absolute Gasteiger partial charge is 0.307 e. The van der Waals surface area contributed by atoms with Crippen molar-refractivity contribution < 1.29 is 8.78 Å². The normalized spacial score (nSPS) is 11.9. The number of rotatable bonds is 3. The lowest BCUT2D eigenvalue weighted by molar-refractivity contribution is 0.00858. The Hall–Kier alpha value is -0.780. The quantitative estimate of drug-likeness (QED) is 0.745. The predicted molar refractivity (Wildman–Crippen MR) is 42.6 cm³/mol. The number of aromatic nitrogens is 3. The highest BCUT2D eigenvalue weighted by atomic mass is 32.1. The molecule has 0 saturated carbocycles. The van der Waals surface area contributed by atoms with Crippen molar-refractivity contribution in [3.63, 3.8) is 0 Å². The van der Waals surface area contributed by atoms with Gasteiger partial charge in [-0.15, -0.1) is 0 Å². The Balaban J connectivity index is 2.55. The van der Waals surface area contributed by atoms with Gasteiger partial charge in [0.25, 0.3) is 0 Å². The topological polar surface area (TPSA) is 33.6 Å². The van der Waals surface area contributed by atoms with Gasteiger partial charge in [-0.3, -0.25) is 5.10 Å². The molecular weight excluding hydrogens is 184 g/mol. The number of hydrogen-bond donors (Lipinski definition) is 1. The summed E-state index contributed by atoms with van der Waals surface area (Å²) in [7, 11) is 0. The van der Waals surface area contributed by atoms with Gasteiger partial charge in [-0.25, -0.2) is 8.78 Å². The lowest BCUT2D eigenvalue weighted by Crippen LogP contribution is -2.13. The van der Waals surface area contributed by atoms with E-state index in [-0.39, 0.29) is 13.0 Å². The summed E-state index contributed by atoms with van der Waals surface area (Å²) in [4.78, 5) is 0. The van der Waals surface area contributed by atoms with Crippen LogP contribution in [0.1, 0.15) is 13.3 Å². The van der Waals surface area contributed by atoms with Crippen molar-refractivity contribution in [2.75, 3.05) is 0 Å². The Bertz CT molecular complexity index is 298. The van der Waals surface area contributed by atoms with Crippen LogP contribution in [0.5, 0.6) is 0 Å². The first-order valence-corrected chi connectivity index (χ1v) is 3.87. The number of aryl methyl sites for hydroxylation is 1. The highest BCUT2D eigenvalue weighted by molar-refractivity contribution is 7.71. The molecule has 1 N–H and O–H groups in total. The van der Waals surface area contributed by atoms with E-state index in [2.05, 4.69) is 10.2 Å². The van der Waals surface area contributed by atoms with Crippen LogP contribution in [0, 0.1) is 4.77 Å². The van der Waals surface area contributed by atoms with E-state index in [0.717, 1.165) is 6.92 Å². The highest BCUT2D eigenvalue weighted by Gasteiger charge is 2.20. The van der Waals surface area contributed by atoms with Crippen molar-refractivity contribution in [2.45, 2.75) is 25.8 Å². The molecule has 3 nitrogen and oxygen atoms in total. The maximum atomic E-state index is 12.4. The van der Waals surface area contributed by atoms with Gasteiger partial charge in [0.1, 0.15) is 6.33 Å². The zero-order chi connectivity index (χ0) is 9.19. The van der Waals surface area contributed by atoms with Crippen LogP contribution in [0.25, 0.3) is 0 Å². The van der Waals surface area contributed by atoms with Crippen LogP contribution in [0.15, 0.2) is 6.33 Å². The summed E-state index contributed by atoms with van der Waals surface area (Å²) < 4.78 is 26.6. The molecule has 0 fully saturated rings. The minimum Gasteiger partial charge on any atom is -0.307 e. The summed E-state index contributed by atoms with van der Waals surface area (Å²) >= 11 is 4.77. The van der Waals surface area contributed by atoms with E-state index < -0.39 is 5.92 Å². The van der Waals surface area contributed by atoms with Gasteiger partial charge < -0.3 is 4.57 Å². The molecule has 12 heavy (non-hydrogen) atoms. The molecule has 0 atom stereocenters. The zero-order valence-electron chi connectivity index (χ0n) is 6.55. The lowest BCUT2D eigenvalue weighted by Gasteiger charge is -2.08. The Kier molecular flexibility index (Phi) is 2.56. The molecule has 0 saturated heterocycles. The lowest BCUT2D eigenvalue weighted by atomic mass is 10.3. The molecular formula is C6H9F2N3S. The molecule has 0 bridgehead atoms. The maximum Gasteiger partial charge on any atom is 0.247 e. The van der Waals surface area contributed by atoms with Gasteiger partial charge >= 0.3 is 0 Å². The fourth-order valence-electron chi connectivity index (χ4n) is 0.746. The molecule has 1 rings (SSSR count). The van der Waals surface area contributed by atoms with Gasteiger partial charge in [0, 0.05) is 13.0 Å². The van der Waals surface area contributed by atoms with Gasteiger partial charge in [-0.05, 0) is 19.1 Å². The second-order valence-corrected chi connectivity index (χ2v) is 3.06. The van der Waals surface area contributed by atoms with Crippen LogP contribution in [-0.2, 0) is 6.54 Å². The molecule has 0 unspecified atom stereocenters. The van der Waals surface area contributed by atoms with Crippen molar-refractivity contribution in [3.8, 4) is 0 Å². The smallest absolute Gasteiger partial charge is 0.247 e. The van der Waals surface area contributed by atoms with Crippen LogP contribution < -0.4 is 0 Å². The molecule has 0 aliphatic carbocycles. The number of halogens is 2. The van der Waals surface area contributed by atoms with E-state index in [1.165, 1.54) is 10.9 Å². The number of aromatic amines is 1. The molecule has 0 aliphatic rings. The summed E-state index contributed by atoms with van der Waals surface area (Å²) in [6, 6.07) is 0. The van der Waals surface area contributed by atoms with Gasteiger partial charge in [0.2, 0.25) is 5.92 Å². The van der Waals surface area contributed by atoms with Crippen molar-refractivity contribution in [1.29, 1.82) is 0 Å². The van der Waals surface area contributed by atoms with Crippen molar-refractivity contribution in [3.05, 3.63) is 11.1 Å². The Morgan fingerprint density at radius 3 is 2.83 bits per heavy atom. The van der Waals surface area contributed by atoms with Gasteiger partial charge in [0.05, 0.1) is 0 Å². The molecule has 0 spiro atoms. The van der Waals surface area contributed by atoms with Crippen molar-refractivity contribution >= 4 is 12.2 Å². The van der Waals surface area contributed by atoms with Crippen LogP contribution in [-0.4, -0.2) is 20.7 Å². The average Bonchev–Trinajstić information content (AvgIpc) is 2.29. The molecule has 0 aliphatic heterocycles. The molecule has 1 heterocycles. The van der Waals surface area contributed by atoms with Gasteiger partial charge in [-0.2, -0.15) is 5.10 Å². The zero-order valence-corrected chi connectivity index (χ0v) is 7.37. The number of nitrogens with one attached hydrogen (secondary N) is 1. The van der Waals surface area contributed by atoms with E-state index in [0.29, 0.717) is 4.77 Å². The number of hydrogen-bond acceptors (Lipinski definition) is 2.